The Morgan fingerprint density at radius 2 is 2.10 bits per heavy atom. The fourth-order valence-electron chi connectivity index (χ4n) is 1.72. The molecule has 1 heterocycles. The first-order chi connectivity index (χ1) is 10.1. The highest BCUT2D eigenvalue weighted by Crippen LogP contribution is 2.19. The van der Waals surface area contributed by atoms with Gasteiger partial charge in [-0.2, -0.15) is 5.26 Å². The summed E-state index contributed by atoms with van der Waals surface area (Å²) < 4.78 is 10.2. The highest BCUT2D eigenvalue weighted by molar-refractivity contribution is 6.09. The predicted molar refractivity (Wildman–Crippen MR) is 78.7 cm³/mol. The molecule has 0 saturated heterocycles. The third kappa shape index (κ3) is 3.51. The maximum Gasteiger partial charge on any atom is 0.284 e. The van der Waals surface area contributed by atoms with Crippen molar-refractivity contribution in [1.29, 1.82) is 5.26 Å². The molecule has 0 atom stereocenters. The van der Waals surface area contributed by atoms with E-state index in [9.17, 15) is 4.79 Å². The van der Waals surface area contributed by atoms with Crippen LogP contribution in [0.2, 0.25) is 0 Å². The molecule has 2 aromatic rings. The van der Waals surface area contributed by atoms with Crippen LogP contribution in [0.5, 0.6) is 5.95 Å². The van der Waals surface area contributed by atoms with E-state index in [1.54, 1.807) is 18.2 Å². The van der Waals surface area contributed by atoms with Crippen LogP contribution in [0.4, 0.5) is 5.69 Å². The van der Waals surface area contributed by atoms with Crippen LogP contribution in [0.3, 0.4) is 0 Å². The largest absolute Gasteiger partial charge is 0.468 e. The Balaban J connectivity index is 2.19. The van der Waals surface area contributed by atoms with Crippen molar-refractivity contribution in [2.75, 3.05) is 12.4 Å². The molecular formula is C16H14N2O3. The molecule has 0 aliphatic carbocycles. The van der Waals surface area contributed by atoms with Crippen LogP contribution in [0, 0.1) is 18.3 Å². The van der Waals surface area contributed by atoms with E-state index in [0.29, 0.717) is 17.4 Å². The zero-order chi connectivity index (χ0) is 15.2. The van der Waals surface area contributed by atoms with Crippen molar-refractivity contribution in [3.8, 4) is 12.0 Å². The summed E-state index contributed by atoms with van der Waals surface area (Å²) >= 11 is 0. The number of nitriles is 1. The molecule has 2 rings (SSSR count). The Bertz CT molecular complexity index is 723. The fourth-order valence-corrected chi connectivity index (χ4v) is 1.72. The van der Waals surface area contributed by atoms with Gasteiger partial charge in [-0.3, -0.25) is 4.79 Å². The molecule has 0 bridgehead atoms. The summed E-state index contributed by atoms with van der Waals surface area (Å²) in [5.74, 6) is 0.211. The van der Waals surface area contributed by atoms with Crippen LogP contribution in [-0.2, 0) is 4.79 Å². The lowest BCUT2D eigenvalue weighted by Gasteiger charge is -2.06. The molecule has 0 spiro atoms. The van der Waals surface area contributed by atoms with Crippen molar-refractivity contribution in [3.63, 3.8) is 0 Å². The van der Waals surface area contributed by atoms with Gasteiger partial charge in [0.25, 0.3) is 11.9 Å². The molecule has 0 unspecified atom stereocenters. The quantitative estimate of drug-likeness (QED) is 0.690. The van der Waals surface area contributed by atoms with Gasteiger partial charge in [0.05, 0.1) is 7.11 Å². The van der Waals surface area contributed by atoms with Crippen molar-refractivity contribution >= 4 is 17.7 Å². The zero-order valence-corrected chi connectivity index (χ0v) is 11.7. The SMILES string of the molecule is COc1ccc(/C=C(\C#N)C(=O)Nc2ccccc2C)o1. The number of nitrogens with one attached hydrogen (secondary N) is 1. The Morgan fingerprint density at radius 1 is 1.33 bits per heavy atom. The number of methoxy groups -OCH3 is 1. The van der Waals surface area contributed by atoms with Crippen LogP contribution in [0.25, 0.3) is 6.08 Å². The monoisotopic (exact) mass is 282 g/mol. The summed E-state index contributed by atoms with van der Waals surface area (Å²) in [7, 11) is 1.47. The van der Waals surface area contributed by atoms with Crippen LogP contribution >= 0.6 is 0 Å². The Labute approximate surface area is 122 Å². The number of ether oxygens (including phenoxy) is 1. The molecule has 1 aromatic carbocycles. The normalized spacial score (nSPS) is 10.8. The van der Waals surface area contributed by atoms with Crippen molar-refractivity contribution < 1.29 is 13.9 Å². The van der Waals surface area contributed by atoms with Gasteiger partial charge in [-0.25, -0.2) is 0 Å². The van der Waals surface area contributed by atoms with E-state index >= 15 is 0 Å². The number of hydrogen-bond donors (Lipinski definition) is 1. The predicted octanol–water partition coefficient (Wildman–Crippen LogP) is 3.14. The number of hydrogen-bond acceptors (Lipinski definition) is 4. The smallest absolute Gasteiger partial charge is 0.284 e. The topological polar surface area (TPSA) is 75.3 Å². The van der Waals surface area contributed by atoms with Crippen molar-refractivity contribution in [1.82, 2.24) is 0 Å². The molecule has 21 heavy (non-hydrogen) atoms. The van der Waals surface area contributed by atoms with Gasteiger partial charge in [0.15, 0.2) is 0 Å². The third-order valence-electron chi connectivity index (χ3n) is 2.85. The number of carbonyl (C=O) groups is 1. The van der Waals surface area contributed by atoms with E-state index in [0.717, 1.165) is 5.56 Å². The average molecular weight is 282 g/mol. The molecule has 0 fully saturated rings. The Morgan fingerprint density at radius 3 is 2.71 bits per heavy atom. The highest BCUT2D eigenvalue weighted by Gasteiger charge is 2.11. The number of nitrogens with zero attached hydrogens (tertiary/aromatic N) is 1. The molecule has 0 saturated carbocycles. The number of anilines is 1. The molecule has 0 radical (unpaired) electrons. The molecule has 5 nitrogen and oxygen atoms in total. The van der Waals surface area contributed by atoms with Gasteiger partial charge in [0.2, 0.25) is 0 Å². The molecule has 1 N–H and O–H groups in total. The summed E-state index contributed by atoms with van der Waals surface area (Å²) in [4.78, 5) is 12.1. The van der Waals surface area contributed by atoms with Gasteiger partial charge < -0.3 is 14.5 Å². The summed E-state index contributed by atoms with van der Waals surface area (Å²) in [5.41, 5.74) is 1.54. The van der Waals surface area contributed by atoms with E-state index < -0.39 is 5.91 Å². The first kappa shape index (κ1) is 14.4. The second kappa shape index (κ2) is 6.44. The summed E-state index contributed by atoms with van der Waals surface area (Å²) in [6.07, 6.45) is 1.37. The fraction of sp³-hybridized carbons (Fsp3) is 0.125. The van der Waals surface area contributed by atoms with Crippen molar-refractivity contribution in [2.45, 2.75) is 6.92 Å². The van der Waals surface area contributed by atoms with Gasteiger partial charge in [-0.15, -0.1) is 0 Å². The molecule has 0 aliphatic heterocycles. The Hall–Kier alpha value is -3.00. The molecule has 1 amide bonds. The summed E-state index contributed by atoms with van der Waals surface area (Å²) in [6, 6.07) is 12.4. The first-order valence-electron chi connectivity index (χ1n) is 6.26. The van der Waals surface area contributed by atoms with Crippen molar-refractivity contribution in [2.24, 2.45) is 0 Å². The second-order valence-electron chi connectivity index (χ2n) is 4.30. The maximum atomic E-state index is 12.1. The number of aryl methyl sites for hydroxylation is 1. The number of furan rings is 1. The average Bonchev–Trinajstić information content (AvgIpc) is 2.94. The molecule has 0 aliphatic rings. The van der Waals surface area contributed by atoms with E-state index in [1.807, 2.05) is 31.2 Å². The van der Waals surface area contributed by atoms with Crippen LogP contribution < -0.4 is 10.1 Å². The summed E-state index contributed by atoms with van der Waals surface area (Å²) in [5, 5.41) is 11.8. The number of amides is 1. The summed E-state index contributed by atoms with van der Waals surface area (Å²) in [6.45, 7) is 1.88. The van der Waals surface area contributed by atoms with Gasteiger partial charge in [0, 0.05) is 17.8 Å². The highest BCUT2D eigenvalue weighted by atomic mass is 16.6. The Kier molecular flexibility index (Phi) is 4.42. The molecule has 5 heteroatoms. The molecule has 106 valence electrons. The number of carbonyl (C=O) groups excluding carboxylic acids is 1. The van der Waals surface area contributed by atoms with E-state index in [-0.39, 0.29) is 5.57 Å². The van der Waals surface area contributed by atoms with Crippen LogP contribution in [-0.4, -0.2) is 13.0 Å². The zero-order valence-electron chi connectivity index (χ0n) is 11.7. The number of rotatable bonds is 4. The number of para-hydroxylation sites is 1. The lowest BCUT2D eigenvalue weighted by molar-refractivity contribution is -0.112. The minimum atomic E-state index is -0.484. The minimum absolute atomic E-state index is 0.0461. The standard InChI is InChI=1S/C16H14N2O3/c1-11-5-3-4-6-14(11)18-16(19)12(10-17)9-13-7-8-15(20-2)21-13/h3-9H,1-2H3,(H,18,19)/b12-9+. The van der Waals surface area contributed by atoms with E-state index in [1.165, 1.54) is 13.2 Å². The van der Waals surface area contributed by atoms with Crippen LogP contribution in [0.15, 0.2) is 46.4 Å². The molecule has 1 aromatic heterocycles. The third-order valence-corrected chi connectivity index (χ3v) is 2.85. The number of benzene rings is 1. The van der Waals surface area contributed by atoms with Crippen LogP contribution in [0.1, 0.15) is 11.3 Å². The molecular weight excluding hydrogens is 268 g/mol. The van der Waals surface area contributed by atoms with Gasteiger partial charge in [0.1, 0.15) is 17.4 Å². The van der Waals surface area contributed by atoms with Gasteiger partial charge in [-0.05, 0) is 24.6 Å². The van der Waals surface area contributed by atoms with Gasteiger partial charge in [-0.1, -0.05) is 18.2 Å². The maximum absolute atomic E-state index is 12.1. The second-order valence-corrected chi connectivity index (χ2v) is 4.30. The lowest BCUT2D eigenvalue weighted by atomic mass is 10.2. The first-order valence-corrected chi connectivity index (χ1v) is 6.26. The van der Waals surface area contributed by atoms with Crippen molar-refractivity contribution in [3.05, 3.63) is 53.3 Å². The van der Waals surface area contributed by atoms with Gasteiger partial charge >= 0.3 is 0 Å². The lowest BCUT2D eigenvalue weighted by Crippen LogP contribution is -2.14. The minimum Gasteiger partial charge on any atom is -0.468 e. The van der Waals surface area contributed by atoms with E-state index in [2.05, 4.69) is 5.32 Å². The van der Waals surface area contributed by atoms with E-state index in [4.69, 9.17) is 14.4 Å².